The van der Waals surface area contributed by atoms with Gasteiger partial charge in [0, 0.05) is 12.5 Å². The third kappa shape index (κ3) is 3.90. The van der Waals surface area contributed by atoms with E-state index in [0.717, 1.165) is 22.6 Å². The molecule has 0 aromatic heterocycles. The van der Waals surface area contributed by atoms with Crippen molar-refractivity contribution in [3.05, 3.63) is 71.1 Å². The maximum atomic E-state index is 14.6. The van der Waals surface area contributed by atoms with Crippen LogP contribution in [0.5, 0.6) is 11.5 Å². The molecule has 2 aromatic rings. The van der Waals surface area contributed by atoms with Crippen LogP contribution in [0.1, 0.15) is 29.9 Å². The maximum absolute atomic E-state index is 14.6. The second kappa shape index (κ2) is 9.81. The number of likely N-dealkylation sites (tertiary alicyclic amines) is 2. The van der Waals surface area contributed by atoms with Crippen LogP contribution in [0, 0.1) is 23.6 Å². The number of hydrogen-bond donors (Lipinski definition) is 2. The van der Waals surface area contributed by atoms with Crippen LogP contribution < -0.4 is 0 Å². The summed E-state index contributed by atoms with van der Waals surface area (Å²) in [6.07, 6.45) is 2.18. The highest BCUT2D eigenvalue weighted by molar-refractivity contribution is 9.09. The normalized spacial score (nSPS) is 32.6. The molecule has 0 spiro atoms. The summed E-state index contributed by atoms with van der Waals surface area (Å²) in [5, 5.41) is 19.4. The van der Waals surface area contributed by atoms with Gasteiger partial charge in [-0.1, -0.05) is 45.8 Å². The summed E-state index contributed by atoms with van der Waals surface area (Å²) < 4.78 is 14.6. The number of nitrogens with zero attached hydrogens (tertiary/aromatic N) is 2. The molecule has 2 aliphatic heterocycles. The molecule has 214 valence electrons. The number of carbonyl (C=O) groups is 4. The molecule has 0 radical (unpaired) electrons. The van der Waals surface area contributed by atoms with Crippen molar-refractivity contribution in [1.29, 1.82) is 0 Å². The Morgan fingerprint density at radius 1 is 0.951 bits per heavy atom. The number of allylic oxidation sites excluding steroid dienone is 2. The highest BCUT2D eigenvalue weighted by atomic mass is 79.9. The lowest BCUT2D eigenvalue weighted by atomic mass is 9.56. The summed E-state index contributed by atoms with van der Waals surface area (Å²) >= 11 is 17.4. The molecule has 8 nitrogen and oxygen atoms in total. The van der Waals surface area contributed by atoms with Gasteiger partial charge < -0.3 is 10.2 Å². The molecule has 6 atom stereocenters. The number of rotatable bonds is 5. The number of phenols is 2. The van der Waals surface area contributed by atoms with Crippen molar-refractivity contribution in [2.45, 2.75) is 34.9 Å². The van der Waals surface area contributed by atoms with Crippen molar-refractivity contribution < 1.29 is 33.8 Å². The van der Waals surface area contributed by atoms with Gasteiger partial charge >= 0.3 is 0 Å². The van der Waals surface area contributed by atoms with Crippen molar-refractivity contribution in [2.24, 2.45) is 17.8 Å². The minimum Gasteiger partial charge on any atom is -0.508 e. The predicted molar refractivity (Wildman–Crippen MR) is 150 cm³/mol. The molecule has 6 unspecified atom stereocenters. The summed E-state index contributed by atoms with van der Waals surface area (Å²) in [4.78, 5) is 52.8. The standard InChI is InChI=1S/C29H24BrCl2FN2O6/c30-13-35-26(40)28(31)12-19-17(23(29(28,32)27(35)41)15-3-8-21(37)20(33)11-15)6-7-18-22(19)25(39)34(24(18)38)10-9-14-1-4-16(36)5-2-14/h1-6,8,11,18-19,22-23,36-37H,7,9-10,12-13H2. The first kappa shape index (κ1) is 28.2. The highest BCUT2D eigenvalue weighted by Crippen LogP contribution is 2.65. The molecule has 4 aliphatic rings. The largest absolute Gasteiger partial charge is 0.508 e. The smallest absolute Gasteiger partial charge is 0.254 e. The lowest BCUT2D eigenvalue weighted by Crippen LogP contribution is -2.60. The summed E-state index contributed by atoms with van der Waals surface area (Å²) in [5.74, 6) is -7.01. The van der Waals surface area contributed by atoms with E-state index in [2.05, 4.69) is 15.9 Å². The summed E-state index contributed by atoms with van der Waals surface area (Å²) in [5.41, 5.74) is 1.43. The Bertz CT molecular complexity index is 1540. The average molecular weight is 666 g/mol. The quantitative estimate of drug-likeness (QED) is 0.214. The van der Waals surface area contributed by atoms with Gasteiger partial charge in [-0.15, -0.1) is 23.2 Å². The van der Waals surface area contributed by atoms with E-state index < -0.39 is 62.7 Å². The van der Waals surface area contributed by atoms with E-state index in [-0.39, 0.29) is 42.1 Å². The summed E-state index contributed by atoms with van der Waals surface area (Å²) in [7, 11) is 0. The first-order valence-electron chi connectivity index (χ1n) is 13.1. The number of halogens is 4. The molecule has 6 rings (SSSR count). The number of hydrogen-bond acceptors (Lipinski definition) is 6. The molecule has 0 bridgehead atoms. The van der Waals surface area contributed by atoms with Gasteiger partial charge in [-0.25, -0.2) is 4.39 Å². The molecule has 2 N–H and O–H groups in total. The fourth-order valence-corrected chi connectivity index (χ4v) is 8.44. The molecule has 41 heavy (non-hydrogen) atoms. The molecular formula is C29H24BrCl2FN2O6. The van der Waals surface area contributed by atoms with Crippen LogP contribution in [-0.2, 0) is 25.6 Å². The lowest BCUT2D eigenvalue weighted by Gasteiger charge is -2.50. The van der Waals surface area contributed by atoms with E-state index in [1.165, 1.54) is 23.1 Å². The van der Waals surface area contributed by atoms with Crippen molar-refractivity contribution in [3.63, 3.8) is 0 Å². The average Bonchev–Trinajstić information content (AvgIpc) is 3.27. The first-order valence-corrected chi connectivity index (χ1v) is 14.9. The fraction of sp³-hybridized carbons (Fsp3) is 0.379. The minimum atomic E-state index is -2.04. The van der Waals surface area contributed by atoms with E-state index in [9.17, 15) is 33.8 Å². The number of alkyl halides is 3. The van der Waals surface area contributed by atoms with E-state index in [0.29, 0.717) is 12.0 Å². The zero-order valence-corrected chi connectivity index (χ0v) is 24.5. The maximum Gasteiger partial charge on any atom is 0.254 e. The molecule has 12 heteroatoms. The zero-order valence-electron chi connectivity index (χ0n) is 21.4. The van der Waals surface area contributed by atoms with Gasteiger partial charge in [0.15, 0.2) is 21.3 Å². The van der Waals surface area contributed by atoms with Crippen LogP contribution in [0.15, 0.2) is 54.1 Å². The fourth-order valence-electron chi connectivity index (χ4n) is 7.02. The van der Waals surface area contributed by atoms with Crippen LogP contribution >= 0.6 is 39.1 Å². The van der Waals surface area contributed by atoms with Gasteiger partial charge in [0.1, 0.15) is 5.75 Å². The van der Waals surface area contributed by atoms with Crippen molar-refractivity contribution >= 4 is 62.8 Å². The second-order valence-electron chi connectivity index (χ2n) is 10.9. The van der Waals surface area contributed by atoms with Crippen molar-refractivity contribution in [1.82, 2.24) is 9.80 Å². The molecule has 2 aliphatic carbocycles. The molecule has 2 saturated heterocycles. The second-order valence-corrected chi connectivity index (χ2v) is 12.7. The van der Waals surface area contributed by atoms with Crippen LogP contribution in [0.2, 0.25) is 0 Å². The van der Waals surface area contributed by atoms with Gasteiger partial charge in [-0.2, -0.15) is 0 Å². The number of carbonyl (C=O) groups excluding carboxylic acids is 4. The zero-order chi connectivity index (χ0) is 29.4. The third-order valence-electron chi connectivity index (χ3n) is 8.97. The number of aromatic hydroxyl groups is 2. The summed E-state index contributed by atoms with van der Waals surface area (Å²) in [6, 6.07) is 10.1. The van der Waals surface area contributed by atoms with E-state index in [1.807, 2.05) is 0 Å². The number of amides is 4. The first-order chi connectivity index (χ1) is 19.4. The number of phenolic OH excluding ortho intramolecular Hbond substituents is 2. The Labute approximate surface area is 252 Å². The minimum absolute atomic E-state index is 0.107. The summed E-state index contributed by atoms with van der Waals surface area (Å²) in [6.45, 7) is 0.129. The Morgan fingerprint density at radius 2 is 1.66 bits per heavy atom. The monoisotopic (exact) mass is 664 g/mol. The molecular weight excluding hydrogens is 642 g/mol. The Balaban J connectivity index is 1.41. The Morgan fingerprint density at radius 3 is 2.32 bits per heavy atom. The van der Waals surface area contributed by atoms with Gasteiger partial charge in [-0.3, -0.25) is 29.0 Å². The molecule has 4 amide bonds. The SMILES string of the molecule is O=C1C2CC=C3C(CC4(Cl)C(=O)N(CBr)C(=O)C4(Cl)C3c3ccc(O)c(F)c3)C2C(=O)N1CCc1ccc(O)cc1. The van der Waals surface area contributed by atoms with E-state index in [1.54, 1.807) is 18.2 Å². The highest BCUT2D eigenvalue weighted by Gasteiger charge is 2.76. The van der Waals surface area contributed by atoms with E-state index >= 15 is 0 Å². The molecule has 2 aromatic carbocycles. The van der Waals surface area contributed by atoms with Crippen molar-refractivity contribution in [2.75, 3.05) is 12.0 Å². The Kier molecular flexibility index (Phi) is 6.75. The Hall–Kier alpha value is -2.95. The topological polar surface area (TPSA) is 115 Å². The third-order valence-corrected chi connectivity index (χ3v) is 10.9. The van der Waals surface area contributed by atoms with Gasteiger partial charge in [0.2, 0.25) is 11.8 Å². The molecule has 1 saturated carbocycles. The molecule has 3 fully saturated rings. The van der Waals surface area contributed by atoms with Gasteiger partial charge in [0.05, 0.1) is 17.3 Å². The van der Waals surface area contributed by atoms with Crippen LogP contribution in [0.25, 0.3) is 0 Å². The van der Waals surface area contributed by atoms with Crippen LogP contribution in [0.3, 0.4) is 0 Å². The number of imide groups is 2. The van der Waals surface area contributed by atoms with Gasteiger partial charge in [0.25, 0.3) is 11.8 Å². The number of benzene rings is 2. The lowest BCUT2D eigenvalue weighted by molar-refractivity contribution is -0.141. The predicted octanol–water partition coefficient (Wildman–Crippen LogP) is 4.19. The van der Waals surface area contributed by atoms with Crippen molar-refractivity contribution in [3.8, 4) is 11.5 Å². The van der Waals surface area contributed by atoms with Crippen LogP contribution in [-0.4, -0.2) is 65.4 Å². The van der Waals surface area contributed by atoms with E-state index in [4.69, 9.17) is 23.2 Å². The molecule has 2 heterocycles. The van der Waals surface area contributed by atoms with Crippen LogP contribution in [0.4, 0.5) is 4.39 Å². The van der Waals surface area contributed by atoms with Gasteiger partial charge in [-0.05, 0) is 60.6 Å². The number of fused-ring (bicyclic) bond motifs is 4.